The Morgan fingerprint density at radius 3 is 2.14 bits per heavy atom. The highest BCUT2D eigenvalue weighted by atomic mass is 16.3. The van der Waals surface area contributed by atoms with E-state index in [0.29, 0.717) is 0 Å². The topological polar surface area (TPSA) is 40.5 Å². The Morgan fingerprint density at radius 1 is 1.00 bits per heavy atom. The molecule has 0 rings (SSSR count). The Morgan fingerprint density at radius 2 is 1.64 bits per heavy atom. The molecule has 2 unspecified atom stereocenters. The maximum Gasteiger partial charge on any atom is 0.0590 e. The largest absolute Gasteiger partial charge is 0.396 e. The molecule has 0 heterocycles. The lowest BCUT2D eigenvalue weighted by Crippen LogP contribution is -2.22. The Labute approximate surface area is 88.3 Å². The van der Waals surface area contributed by atoms with Crippen molar-refractivity contribution in [3.63, 3.8) is 0 Å². The van der Waals surface area contributed by atoms with E-state index in [9.17, 15) is 5.11 Å². The molecule has 2 heteroatoms. The second-order valence-electron chi connectivity index (χ2n) is 4.12. The molecule has 14 heavy (non-hydrogen) atoms. The molecule has 0 fully saturated rings. The molecule has 0 aromatic rings. The van der Waals surface area contributed by atoms with Crippen molar-refractivity contribution in [1.29, 1.82) is 0 Å². The van der Waals surface area contributed by atoms with Crippen LogP contribution in [0.2, 0.25) is 0 Å². The lowest BCUT2D eigenvalue weighted by atomic mass is 9.95. The summed E-state index contributed by atoms with van der Waals surface area (Å²) in [5.41, 5.74) is 0. The first-order chi connectivity index (χ1) is 6.76. The van der Waals surface area contributed by atoms with Gasteiger partial charge in [-0.05, 0) is 12.8 Å². The van der Waals surface area contributed by atoms with E-state index in [1.165, 1.54) is 25.7 Å². The maximum atomic E-state index is 9.71. The lowest BCUT2D eigenvalue weighted by Gasteiger charge is -2.18. The second-order valence-corrected chi connectivity index (χ2v) is 4.12. The van der Waals surface area contributed by atoms with Gasteiger partial charge < -0.3 is 10.2 Å². The van der Waals surface area contributed by atoms with Gasteiger partial charge in [0, 0.05) is 12.5 Å². The van der Waals surface area contributed by atoms with Crippen molar-refractivity contribution in [2.24, 2.45) is 5.92 Å². The highest BCUT2D eigenvalue weighted by Gasteiger charge is 2.15. The summed E-state index contributed by atoms with van der Waals surface area (Å²) in [4.78, 5) is 0. The van der Waals surface area contributed by atoms with Crippen LogP contribution in [0, 0.1) is 5.92 Å². The predicted molar refractivity (Wildman–Crippen MR) is 60.2 cm³/mol. The molecule has 0 saturated heterocycles. The highest BCUT2D eigenvalue weighted by molar-refractivity contribution is 4.66. The number of unbranched alkanes of at least 4 members (excludes halogenated alkanes) is 4. The molecule has 2 nitrogen and oxygen atoms in total. The normalized spacial score (nSPS) is 15.4. The van der Waals surface area contributed by atoms with Crippen molar-refractivity contribution in [2.75, 3.05) is 6.61 Å². The van der Waals surface area contributed by atoms with E-state index >= 15 is 0 Å². The molecule has 0 aliphatic heterocycles. The minimum Gasteiger partial charge on any atom is -0.396 e. The van der Waals surface area contributed by atoms with Crippen LogP contribution in [0.4, 0.5) is 0 Å². The van der Waals surface area contributed by atoms with Gasteiger partial charge in [0.25, 0.3) is 0 Å². The highest BCUT2D eigenvalue weighted by Crippen LogP contribution is 2.15. The fraction of sp³-hybridized carbons (Fsp3) is 1.00. The first-order valence-corrected chi connectivity index (χ1v) is 6.05. The van der Waals surface area contributed by atoms with Crippen LogP contribution in [-0.2, 0) is 0 Å². The molecule has 0 spiro atoms. The van der Waals surface area contributed by atoms with Crippen molar-refractivity contribution in [1.82, 2.24) is 0 Å². The zero-order valence-corrected chi connectivity index (χ0v) is 9.71. The smallest absolute Gasteiger partial charge is 0.0590 e. The summed E-state index contributed by atoms with van der Waals surface area (Å²) in [6.45, 7) is 4.33. The minimum absolute atomic E-state index is 0.0844. The Kier molecular flexibility index (Phi) is 9.42. The number of aliphatic hydroxyl groups excluding tert-OH is 2. The van der Waals surface area contributed by atoms with Crippen LogP contribution < -0.4 is 0 Å². The van der Waals surface area contributed by atoms with Gasteiger partial charge in [-0.3, -0.25) is 0 Å². The van der Waals surface area contributed by atoms with E-state index in [-0.39, 0.29) is 18.6 Å². The van der Waals surface area contributed by atoms with Crippen molar-refractivity contribution in [2.45, 2.75) is 64.9 Å². The molecule has 86 valence electrons. The summed E-state index contributed by atoms with van der Waals surface area (Å²) in [6.07, 6.45) is 7.56. The van der Waals surface area contributed by atoms with Crippen molar-refractivity contribution in [3.8, 4) is 0 Å². The Bertz CT molecular complexity index is 111. The Balaban J connectivity index is 3.37. The minimum atomic E-state index is -0.299. The van der Waals surface area contributed by atoms with Crippen LogP contribution in [0.3, 0.4) is 0 Å². The lowest BCUT2D eigenvalue weighted by molar-refractivity contribution is 0.0569. The third kappa shape index (κ3) is 6.39. The molecular formula is C12H26O2. The summed E-state index contributed by atoms with van der Waals surface area (Å²) < 4.78 is 0. The fourth-order valence-corrected chi connectivity index (χ4v) is 1.72. The molecule has 0 saturated carbocycles. The molecule has 0 amide bonds. The van der Waals surface area contributed by atoms with Crippen molar-refractivity contribution >= 4 is 0 Å². The van der Waals surface area contributed by atoms with Gasteiger partial charge in [-0.15, -0.1) is 0 Å². The average Bonchev–Trinajstić information content (AvgIpc) is 2.19. The van der Waals surface area contributed by atoms with E-state index in [4.69, 9.17) is 5.11 Å². The van der Waals surface area contributed by atoms with Crippen LogP contribution >= 0.6 is 0 Å². The van der Waals surface area contributed by atoms with Gasteiger partial charge in [0.1, 0.15) is 0 Å². The zero-order valence-electron chi connectivity index (χ0n) is 9.71. The zero-order chi connectivity index (χ0) is 10.8. The van der Waals surface area contributed by atoms with Crippen molar-refractivity contribution < 1.29 is 10.2 Å². The third-order valence-electron chi connectivity index (χ3n) is 2.91. The summed E-state index contributed by atoms with van der Waals surface area (Å²) in [7, 11) is 0. The van der Waals surface area contributed by atoms with Gasteiger partial charge in [-0.25, -0.2) is 0 Å². The number of rotatable bonds is 9. The van der Waals surface area contributed by atoms with Crippen molar-refractivity contribution in [3.05, 3.63) is 0 Å². The summed E-state index contributed by atoms with van der Waals surface area (Å²) in [5, 5.41) is 18.7. The molecule has 0 aromatic carbocycles. The molecule has 0 aromatic heterocycles. The third-order valence-corrected chi connectivity index (χ3v) is 2.91. The predicted octanol–water partition coefficient (Wildman–Crippen LogP) is 2.73. The first kappa shape index (κ1) is 13.9. The SMILES string of the molecule is CCCCCCCC(O)C(CC)CO. The van der Waals surface area contributed by atoms with Crippen LogP contribution in [0.5, 0.6) is 0 Å². The molecule has 0 aliphatic rings. The van der Waals surface area contributed by atoms with Crippen LogP contribution in [-0.4, -0.2) is 22.9 Å². The molecule has 0 bridgehead atoms. The fourth-order valence-electron chi connectivity index (χ4n) is 1.72. The average molecular weight is 202 g/mol. The summed E-state index contributed by atoms with van der Waals surface area (Å²) >= 11 is 0. The molecule has 0 radical (unpaired) electrons. The molecular weight excluding hydrogens is 176 g/mol. The monoisotopic (exact) mass is 202 g/mol. The van der Waals surface area contributed by atoms with E-state index < -0.39 is 0 Å². The van der Waals surface area contributed by atoms with Crippen LogP contribution in [0.15, 0.2) is 0 Å². The van der Waals surface area contributed by atoms with Gasteiger partial charge in [-0.2, -0.15) is 0 Å². The Hall–Kier alpha value is -0.0800. The van der Waals surface area contributed by atoms with Gasteiger partial charge >= 0.3 is 0 Å². The van der Waals surface area contributed by atoms with Crippen LogP contribution in [0.25, 0.3) is 0 Å². The summed E-state index contributed by atoms with van der Waals surface area (Å²) in [5.74, 6) is 0.0844. The van der Waals surface area contributed by atoms with E-state index in [1.54, 1.807) is 0 Å². The summed E-state index contributed by atoms with van der Waals surface area (Å²) in [6, 6.07) is 0. The first-order valence-electron chi connectivity index (χ1n) is 6.05. The van der Waals surface area contributed by atoms with Gasteiger partial charge in [0.2, 0.25) is 0 Å². The van der Waals surface area contributed by atoms with E-state index in [1.807, 2.05) is 6.92 Å². The number of hydrogen-bond acceptors (Lipinski definition) is 2. The molecule has 0 aliphatic carbocycles. The maximum absolute atomic E-state index is 9.71. The second kappa shape index (κ2) is 9.47. The van der Waals surface area contributed by atoms with Gasteiger partial charge in [0.05, 0.1) is 6.10 Å². The number of hydrogen-bond donors (Lipinski definition) is 2. The standard InChI is InChI=1S/C12H26O2/c1-3-5-6-7-8-9-12(14)11(4-2)10-13/h11-14H,3-10H2,1-2H3. The molecule has 2 atom stereocenters. The van der Waals surface area contributed by atoms with Gasteiger partial charge in [0.15, 0.2) is 0 Å². The van der Waals surface area contributed by atoms with Crippen LogP contribution in [0.1, 0.15) is 58.8 Å². The van der Waals surface area contributed by atoms with E-state index in [2.05, 4.69) is 6.92 Å². The van der Waals surface area contributed by atoms with E-state index in [0.717, 1.165) is 19.3 Å². The van der Waals surface area contributed by atoms with Gasteiger partial charge in [-0.1, -0.05) is 46.0 Å². The quantitative estimate of drug-likeness (QED) is 0.564. The number of aliphatic hydroxyl groups is 2. The molecule has 2 N–H and O–H groups in total.